The van der Waals surface area contributed by atoms with Crippen LogP contribution in [0.15, 0.2) is 22.8 Å². The second-order valence-electron chi connectivity index (χ2n) is 5.20. The van der Waals surface area contributed by atoms with Crippen LogP contribution in [0.1, 0.15) is 31.9 Å². The Labute approximate surface area is 104 Å². The first kappa shape index (κ1) is 12.7. The first-order valence-corrected chi connectivity index (χ1v) is 6.71. The highest BCUT2D eigenvalue weighted by Crippen LogP contribution is 2.14. The molecule has 2 rings (SSSR count). The molecule has 0 spiro atoms. The van der Waals surface area contributed by atoms with Crippen molar-refractivity contribution in [2.24, 2.45) is 0 Å². The Hall–Kier alpha value is -0.800. The topological polar surface area (TPSA) is 28.4 Å². The van der Waals surface area contributed by atoms with E-state index in [0.717, 1.165) is 31.2 Å². The van der Waals surface area contributed by atoms with E-state index in [0.29, 0.717) is 6.04 Å². The van der Waals surface area contributed by atoms with Gasteiger partial charge in [0.2, 0.25) is 0 Å². The highest BCUT2D eigenvalue weighted by atomic mass is 16.3. The van der Waals surface area contributed by atoms with Crippen molar-refractivity contribution < 1.29 is 4.42 Å². The maximum absolute atomic E-state index is 5.34. The summed E-state index contributed by atoms with van der Waals surface area (Å²) >= 11 is 0. The lowest BCUT2D eigenvalue weighted by Gasteiger charge is -2.22. The number of hydrogen-bond acceptors (Lipinski definition) is 3. The van der Waals surface area contributed by atoms with Crippen LogP contribution in [0.2, 0.25) is 0 Å². The number of aryl methyl sites for hydroxylation is 1. The number of rotatable bonds is 6. The summed E-state index contributed by atoms with van der Waals surface area (Å²) in [4.78, 5) is 2.46. The molecular weight excluding hydrogens is 212 g/mol. The number of likely N-dealkylation sites (N-methyl/N-ethyl adjacent to an activating group) is 1. The summed E-state index contributed by atoms with van der Waals surface area (Å²) in [5.74, 6) is 1.09. The molecule has 3 nitrogen and oxygen atoms in total. The van der Waals surface area contributed by atoms with Gasteiger partial charge in [0.05, 0.1) is 6.26 Å². The van der Waals surface area contributed by atoms with Crippen LogP contribution in [-0.2, 0) is 6.42 Å². The van der Waals surface area contributed by atoms with Gasteiger partial charge in [-0.2, -0.15) is 0 Å². The normalized spacial score (nSPS) is 23.1. The molecule has 3 heteroatoms. The zero-order chi connectivity index (χ0) is 12.1. The minimum atomic E-state index is 0.564. The molecule has 1 aliphatic rings. The first-order valence-electron chi connectivity index (χ1n) is 6.71. The van der Waals surface area contributed by atoms with Gasteiger partial charge in [-0.3, -0.25) is 0 Å². The van der Waals surface area contributed by atoms with Crippen LogP contribution in [0.3, 0.4) is 0 Å². The SMILES string of the molecule is CC(CCc1ccco1)NCC1CCCN1C. The molecule has 0 saturated carbocycles. The van der Waals surface area contributed by atoms with Crippen molar-refractivity contribution in [1.82, 2.24) is 10.2 Å². The molecule has 0 radical (unpaired) electrons. The number of nitrogens with one attached hydrogen (secondary N) is 1. The molecule has 0 amide bonds. The van der Waals surface area contributed by atoms with Crippen molar-refractivity contribution in [3.63, 3.8) is 0 Å². The van der Waals surface area contributed by atoms with Gasteiger partial charge in [-0.05, 0) is 51.9 Å². The van der Waals surface area contributed by atoms with Gasteiger partial charge in [-0.1, -0.05) is 0 Å². The maximum atomic E-state index is 5.34. The molecule has 2 heterocycles. The lowest BCUT2D eigenvalue weighted by Crippen LogP contribution is -2.39. The fourth-order valence-electron chi connectivity index (χ4n) is 2.49. The quantitative estimate of drug-likeness (QED) is 0.821. The predicted octanol–water partition coefficient (Wildman–Crippen LogP) is 2.28. The Morgan fingerprint density at radius 2 is 2.47 bits per heavy atom. The summed E-state index contributed by atoms with van der Waals surface area (Å²) in [5, 5.41) is 3.63. The van der Waals surface area contributed by atoms with E-state index in [1.807, 2.05) is 6.07 Å². The smallest absolute Gasteiger partial charge is 0.103 e. The summed E-state index contributed by atoms with van der Waals surface area (Å²) in [6.45, 7) is 4.64. The van der Waals surface area contributed by atoms with Gasteiger partial charge in [0.1, 0.15) is 5.76 Å². The van der Waals surface area contributed by atoms with Crippen LogP contribution in [-0.4, -0.2) is 37.1 Å². The average molecular weight is 236 g/mol. The molecule has 1 aliphatic heterocycles. The first-order chi connectivity index (χ1) is 8.25. The molecule has 0 bridgehead atoms. The second kappa shape index (κ2) is 6.22. The molecule has 17 heavy (non-hydrogen) atoms. The molecule has 0 aromatic carbocycles. The number of furan rings is 1. The fourth-order valence-corrected chi connectivity index (χ4v) is 2.49. The summed E-state index contributed by atoms with van der Waals surface area (Å²) < 4.78 is 5.34. The monoisotopic (exact) mass is 236 g/mol. The van der Waals surface area contributed by atoms with Gasteiger partial charge in [-0.15, -0.1) is 0 Å². The lowest BCUT2D eigenvalue weighted by atomic mass is 10.1. The predicted molar refractivity (Wildman–Crippen MR) is 70.1 cm³/mol. The minimum absolute atomic E-state index is 0.564. The van der Waals surface area contributed by atoms with Crippen molar-refractivity contribution in [2.75, 3.05) is 20.1 Å². The summed E-state index contributed by atoms with van der Waals surface area (Å²) in [6, 6.07) is 5.31. The Morgan fingerprint density at radius 1 is 1.59 bits per heavy atom. The van der Waals surface area contributed by atoms with Crippen LogP contribution < -0.4 is 5.32 Å². The van der Waals surface area contributed by atoms with E-state index in [2.05, 4.69) is 30.3 Å². The van der Waals surface area contributed by atoms with E-state index in [-0.39, 0.29) is 0 Å². The van der Waals surface area contributed by atoms with Crippen LogP contribution in [0.25, 0.3) is 0 Å². The zero-order valence-electron chi connectivity index (χ0n) is 11.0. The van der Waals surface area contributed by atoms with Gasteiger partial charge >= 0.3 is 0 Å². The third-order valence-electron chi connectivity index (χ3n) is 3.78. The number of hydrogen-bond donors (Lipinski definition) is 1. The van der Waals surface area contributed by atoms with Gasteiger partial charge in [0, 0.05) is 25.0 Å². The highest BCUT2D eigenvalue weighted by molar-refractivity contribution is 4.98. The number of likely N-dealkylation sites (tertiary alicyclic amines) is 1. The lowest BCUT2D eigenvalue weighted by molar-refractivity contribution is 0.290. The molecule has 1 aromatic heterocycles. The Balaban J connectivity index is 1.62. The fraction of sp³-hybridized carbons (Fsp3) is 0.714. The van der Waals surface area contributed by atoms with Crippen molar-refractivity contribution in [2.45, 2.75) is 44.7 Å². The molecule has 1 aromatic rings. The van der Waals surface area contributed by atoms with Crippen LogP contribution in [0.5, 0.6) is 0 Å². The van der Waals surface area contributed by atoms with E-state index < -0.39 is 0 Å². The van der Waals surface area contributed by atoms with Crippen LogP contribution >= 0.6 is 0 Å². The maximum Gasteiger partial charge on any atom is 0.103 e. The third kappa shape index (κ3) is 3.86. The molecule has 1 fully saturated rings. The highest BCUT2D eigenvalue weighted by Gasteiger charge is 2.20. The Kier molecular flexibility index (Phi) is 4.63. The molecule has 2 atom stereocenters. The van der Waals surface area contributed by atoms with Crippen LogP contribution in [0.4, 0.5) is 0 Å². The average Bonchev–Trinajstić information content (AvgIpc) is 2.95. The Morgan fingerprint density at radius 3 is 3.12 bits per heavy atom. The molecule has 1 saturated heterocycles. The van der Waals surface area contributed by atoms with Gasteiger partial charge in [-0.25, -0.2) is 0 Å². The summed E-state index contributed by atoms with van der Waals surface area (Å²) in [7, 11) is 2.23. The largest absolute Gasteiger partial charge is 0.469 e. The van der Waals surface area contributed by atoms with E-state index >= 15 is 0 Å². The van der Waals surface area contributed by atoms with Crippen molar-refractivity contribution in [3.8, 4) is 0 Å². The minimum Gasteiger partial charge on any atom is -0.469 e. The molecule has 0 aliphatic carbocycles. The van der Waals surface area contributed by atoms with E-state index in [4.69, 9.17) is 4.42 Å². The van der Waals surface area contributed by atoms with E-state index in [9.17, 15) is 0 Å². The van der Waals surface area contributed by atoms with Crippen molar-refractivity contribution in [1.29, 1.82) is 0 Å². The van der Waals surface area contributed by atoms with Gasteiger partial charge in [0.15, 0.2) is 0 Å². The number of nitrogens with zero attached hydrogens (tertiary/aromatic N) is 1. The van der Waals surface area contributed by atoms with Gasteiger partial charge in [0.25, 0.3) is 0 Å². The third-order valence-corrected chi connectivity index (χ3v) is 3.78. The van der Waals surface area contributed by atoms with E-state index in [1.165, 1.54) is 19.4 Å². The molecule has 96 valence electrons. The van der Waals surface area contributed by atoms with Crippen LogP contribution in [0, 0.1) is 0 Å². The Bertz CT molecular complexity index is 310. The second-order valence-corrected chi connectivity index (χ2v) is 5.20. The van der Waals surface area contributed by atoms with Gasteiger partial charge < -0.3 is 14.6 Å². The van der Waals surface area contributed by atoms with Crippen molar-refractivity contribution in [3.05, 3.63) is 24.2 Å². The zero-order valence-corrected chi connectivity index (χ0v) is 11.0. The molecular formula is C14H24N2O. The molecule has 2 unspecified atom stereocenters. The van der Waals surface area contributed by atoms with E-state index in [1.54, 1.807) is 6.26 Å². The standard InChI is InChI=1S/C14H24N2O/c1-12(7-8-14-6-4-10-17-14)15-11-13-5-3-9-16(13)2/h4,6,10,12-13,15H,3,5,7-9,11H2,1-2H3. The summed E-state index contributed by atoms with van der Waals surface area (Å²) in [5.41, 5.74) is 0. The summed E-state index contributed by atoms with van der Waals surface area (Å²) in [6.07, 6.45) is 6.62. The van der Waals surface area contributed by atoms with Crippen molar-refractivity contribution >= 4 is 0 Å². The molecule has 1 N–H and O–H groups in total.